The summed E-state index contributed by atoms with van der Waals surface area (Å²) in [5.74, 6) is -1.42. The molecule has 0 aliphatic carbocycles. The molecule has 3 aromatic rings. The number of carbonyl (C=O) groups excluding carboxylic acids is 2. The van der Waals surface area contributed by atoms with E-state index in [0.717, 1.165) is 35.7 Å². The topological polar surface area (TPSA) is 105 Å². The van der Waals surface area contributed by atoms with Crippen LogP contribution in [0, 0.1) is 11.6 Å². The first-order chi connectivity index (χ1) is 19.2. The van der Waals surface area contributed by atoms with Crippen molar-refractivity contribution in [2.45, 2.75) is 58.2 Å². The van der Waals surface area contributed by atoms with E-state index in [1.54, 1.807) is 24.3 Å². The van der Waals surface area contributed by atoms with Gasteiger partial charge >= 0.3 is 0 Å². The number of halogens is 2. The maximum Gasteiger partial charge on any atom is 0.224 e. The lowest BCUT2D eigenvalue weighted by Gasteiger charge is -2.28. The summed E-state index contributed by atoms with van der Waals surface area (Å²) < 4.78 is 32.6. The predicted molar refractivity (Wildman–Crippen MR) is 151 cm³/mol. The van der Waals surface area contributed by atoms with Crippen molar-refractivity contribution in [1.82, 2.24) is 4.90 Å². The smallest absolute Gasteiger partial charge is 0.224 e. The van der Waals surface area contributed by atoms with Crippen molar-refractivity contribution >= 4 is 17.5 Å². The largest absolute Gasteiger partial charge is 0.494 e. The highest BCUT2D eigenvalue weighted by molar-refractivity contribution is 5.93. The Bertz CT molecular complexity index is 1250. The van der Waals surface area contributed by atoms with Gasteiger partial charge in [-0.2, -0.15) is 0 Å². The second-order valence-corrected chi connectivity index (χ2v) is 9.67. The lowest BCUT2D eigenvalue weighted by atomic mass is 10.0. The van der Waals surface area contributed by atoms with Gasteiger partial charge in [-0.3, -0.25) is 9.59 Å². The second kappa shape index (κ2) is 15.1. The molecule has 0 aromatic heterocycles. The molecule has 3 aromatic carbocycles. The number of nitrogens with two attached hydrogens (primary N) is 1. The minimum Gasteiger partial charge on any atom is -0.494 e. The maximum absolute atomic E-state index is 13.6. The number of nitrogens with one attached hydrogen (secondary N) is 1. The van der Waals surface area contributed by atoms with E-state index < -0.39 is 23.8 Å². The minimum absolute atomic E-state index is 0.0215. The first-order valence-corrected chi connectivity index (χ1v) is 13.4. The molecule has 0 fully saturated rings. The van der Waals surface area contributed by atoms with Gasteiger partial charge in [-0.1, -0.05) is 31.2 Å². The molecule has 3 rings (SSSR count). The molecule has 214 valence electrons. The third-order valence-electron chi connectivity index (χ3n) is 6.44. The molecule has 4 N–H and O–H groups in total. The zero-order chi connectivity index (χ0) is 29.1. The molecule has 7 nitrogen and oxygen atoms in total. The number of hydrogen-bond donors (Lipinski definition) is 3. The van der Waals surface area contributed by atoms with Gasteiger partial charge in [0.15, 0.2) is 0 Å². The Labute approximate surface area is 234 Å². The Kier molecular flexibility index (Phi) is 11.6. The third kappa shape index (κ3) is 9.73. The zero-order valence-corrected chi connectivity index (χ0v) is 22.9. The first kappa shape index (κ1) is 30.7. The van der Waals surface area contributed by atoms with Crippen molar-refractivity contribution in [3.05, 3.63) is 95.1 Å². The van der Waals surface area contributed by atoms with E-state index in [0.29, 0.717) is 23.6 Å². The van der Waals surface area contributed by atoms with Crippen LogP contribution in [0.1, 0.15) is 43.4 Å². The molecule has 0 unspecified atom stereocenters. The Hall–Kier alpha value is -3.82. The number of amides is 2. The molecule has 2 amide bonds. The van der Waals surface area contributed by atoms with Crippen molar-refractivity contribution in [3.63, 3.8) is 0 Å². The monoisotopic (exact) mass is 553 g/mol. The summed E-state index contributed by atoms with van der Waals surface area (Å²) in [6.07, 6.45) is -0.448. The summed E-state index contributed by atoms with van der Waals surface area (Å²) >= 11 is 0. The summed E-state index contributed by atoms with van der Waals surface area (Å²) in [6.45, 7) is 4.56. The van der Waals surface area contributed by atoms with E-state index in [1.807, 2.05) is 38.1 Å². The third-order valence-corrected chi connectivity index (χ3v) is 6.44. The molecule has 0 bridgehead atoms. The molecule has 2 atom stereocenters. The van der Waals surface area contributed by atoms with Crippen molar-refractivity contribution in [2.75, 3.05) is 18.5 Å². The fourth-order valence-corrected chi connectivity index (χ4v) is 4.32. The Morgan fingerprint density at radius 1 is 0.950 bits per heavy atom. The van der Waals surface area contributed by atoms with Gasteiger partial charge in [0.2, 0.25) is 11.8 Å². The molecule has 0 radical (unpaired) electrons. The standard InChI is InChI=1S/C31H37F2N3O4/c1-3-21-6-5-7-22(14-21)19-36(20-29(37)28(34)17-23-15-24(32)18-25(33)16-23)31(39)13-12-30(38)35-26-8-10-27(11-9-26)40-4-2/h5-11,14-16,18,28-29,37H,3-4,12-13,17,19-20,34H2,1-2H3,(H,35,38)/t28-,29+/m0/s1. The van der Waals surface area contributed by atoms with Crippen LogP contribution in [-0.2, 0) is 29.0 Å². The van der Waals surface area contributed by atoms with E-state index >= 15 is 0 Å². The summed E-state index contributed by atoms with van der Waals surface area (Å²) in [7, 11) is 0. The van der Waals surface area contributed by atoms with Crippen LogP contribution in [0.3, 0.4) is 0 Å². The normalized spacial score (nSPS) is 12.4. The van der Waals surface area contributed by atoms with E-state index in [-0.39, 0.29) is 44.2 Å². The fourth-order valence-electron chi connectivity index (χ4n) is 4.32. The lowest BCUT2D eigenvalue weighted by molar-refractivity contribution is -0.135. The summed E-state index contributed by atoms with van der Waals surface area (Å²) in [6, 6.07) is 16.9. The molecular weight excluding hydrogens is 516 g/mol. The van der Waals surface area contributed by atoms with E-state index in [2.05, 4.69) is 5.32 Å². The number of anilines is 1. The maximum atomic E-state index is 13.6. The number of rotatable bonds is 14. The highest BCUT2D eigenvalue weighted by atomic mass is 19.1. The SMILES string of the molecule is CCOc1ccc(NC(=O)CCC(=O)N(Cc2cccc(CC)c2)C[C@@H](O)[C@@H](N)Cc2cc(F)cc(F)c2)cc1. The van der Waals surface area contributed by atoms with Crippen LogP contribution in [0.2, 0.25) is 0 Å². The number of nitrogens with zero attached hydrogens (tertiary/aromatic N) is 1. The Morgan fingerprint density at radius 2 is 1.62 bits per heavy atom. The van der Waals surface area contributed by atoms with Crippen LogP contribution >= 0.6 is 0 Å². The molecule has 0 heterocycles. The average molecular weight is 554 g/mol. The van der Waals surface area contributed by atoms with E-state index in [9.17, 15) is 23.5 Å². The number of hydrogen-bond acceptors (Lipinski definition) is 5. The number of carbonyl (C=O) groups is 2. The summed E-state index contributed by atoms with van der Waals surface area (Å²) in [4.78, 5) is 27.3. The van der Waals surface area contributed by atoms with Gasteiger partial charge in [0.1, 0.15) is 17.4 Å². The van der Waals surface area contributed by atoms with Crippen molar-refractivity contribution < 1.29 is 28.2 Å². The zero-order valence-electron chi connectivity index (χ0n) is 22.9. The summed E-state index contributed by atoms with van der Waals surface area (Å²) in [5.41, 5.74) is 9.04. The van der Waals surface area contributed by atoms with E-state index in [1.165, 1.54) is 4.90 Å². The van der Waals surface area contributed by atoms with Gasteiger partial charge < -0.3 is 25.8 Å². The van der Waals surface area contributed by atoms with Gasteiger partial charge in [0.05, 0.1) is 12.7 Å². The van der Waals surface area contributed by atoms with Gasteiger partial charge in [-0.05, 0) is 72.9 Å². The molecule has 0 saturated heterocycles. The quantitative estimate of drug-likeness (QED) is 0.271. The highest BCUT2D eigenvalue weighted by Gasteiger charge is 2.23. The Morgan fingerprint density at radius 3 is 2.27 bits per heavy atom. The van der Waals surface area contributed by atoms with Gasteiger partial charge in [0.25, 0.3) is 0 Å². The Balaban J connectivity index is 1.65. The van der Waals surface area contributed by atoms with Gasteiger partial charge in [-0.25, -0.2) is 8.78 Å². The number of benzene rings is 3. The number of ether oxygens (including phenoxy) is 1. The van der Waals surface area contributed by atoms with Crippen LogP contribution in [0.5, 0.6) is 5.75 Å². The van der Waals surface area contributed by atoms with Crippen molar-refractivity contribution in [1.29, 1.82) is 0 Å². The van der Waals surface area contributed by atoms with Crippen LogP contribution in [-0.4, -0.2) is 47.1 Å². The highest BCUT2D eigenvalue weighted by Crippen LogP contribution is 2.17. The predicted octanol–water partition coefficient (Wildman–Crippen LogP) is 4.60. The molecule has 9 heteroatoms. The lowest BCUT2D eigenvalue weighted by Crippen LogP contribution is -2.46. The average Bonchev–Trinajstić information content (AvgIpc) is 2.92. The molecule has 0 saturated carbocycles. The molecule has 0 aliphatic rings. The van der Waals surface area contributed by atoms with Crippen LogP contribution in [0.25, 0.3) is 0 Å². The first-order valence-electron chi connectivity index (χ1n) is 13.4. The number of aliphatic hydroxyl groups is 1. The van der Waals surface area contributed by atoms with Gasteiger partial charge in [-0.15, -0.1) is 0 Å². The molecular formula is C31H37F2N3O4. The van der Waals surface area contributed by atoms with Crippen molar-refractivity contribution in [3.8, 4) is 5.75 Å². The van der Waals surface area contributed by atoms with Crippen LogP contribution < -0.4 is 15.8 Å². The second-order valence-electron chi connectivity index (χ2n) is 9.67. The van der Waals surface area contributed by atoms with Crippen LogP contribution in [0.4, 0.5) is 14.5 Å². The summed E-state index contributed by atoms with van der Waals surface area (Å²) in [5, 5.41) is 13.6. The number of aryl methyl sites for hydroxylation is 1. The van der Waals surface area contributed by atoms with Crippen LogP contribution in [0.15, 0.2) is 66.7 Å². The van der Waals surface area contributed by atoms with Crippen molar-refractivity contribution in [2.24, 2.45) is 5.73 Å². The van der Waals surface area contributed by atoms with Gasteiger partial charge in [0, 0.05) is 43.7 Å². The fraction of sp³-hybridized carbons (Fsp3) is 0.355. The molecule has 40 heavy (non-hydrogen) atoms. The minimum atomic E-state index is -1.16. The molecule has 0 spiro atoms. The van der Waals surface area contributed by atoms with E-state index in [4.69, 9.17) is 10.5 Å². The number of aliphatic hydroxyl groups excluding tert-OH is 1. The molecule has 0 aliphatic heterocycles.